The third-order valence-electron chi connectivity index (χ3n) is 16.8. The Morgan fingerprint density at radius 1 is 0.529 bits per heavy atom. The fourth-order valence-corrected chi connectivity index (χ4v) is 20.3. The summed E-state index contributed by atoms with van der Waals surface area (Å²) in [7, 11) is -42.5. The summed E-state index contributed by atoms with van der Waals surface area (Å²) in [6.45, 7) is -4.02. The van der Waals surface area contributed by atoms with Crippen molar-refractivity contribution in [2.45, 2.75) is 98.2 Å². The summed E-state index contributed by atoms with van der Waals surface area (Å²) in [5, 5.41) is 62.7. The molecule has 24 atom stereocenters. The van der Waals surface area contributed by atoms with E-state index in [-0.39, 0.29) is 52.8 Å². The Bertz CT molecular complexity index is 5770. The first-order chi connectivity index (χ1) is 56.2. The van der Waals surface area contributed by atoms with E-state index in [0.717, 1.165) is 34.7 Å². The van der Waals surface area contributed by atoms with Crippen LogP contribution in [0.5, 0.6) is 0 Å². The summed E-state index contributed by atoms with van der Waals surface area (Å²) in [5.74, 6) is -0.278. The van der Waals surface area contributed by atoms with Crippen molar-refractivity contribution in [2.75, 3.05) is 65.2 Å². The van der Waals surface area contributed by atoms with Gasteiger partial charge >= 0.3 is 46.0 Å². The number of hydrogen-bond acceptors (Lipinski definition) is 49. The number of nitrogens with zero attached hydrogens (tertiary/aromatic N) is 9. The first-order valence-corrected chi connectivity index (χ1v) is 45.0. The number of ether oxygens (including phenoxy) is 6. The molecule has 0 radical (unpaired) electrons. The number of phosphoric ester groups is 3. The molecular weight excluding hydrogens is 1820 g/mol. The minimum atomic E-state index is -6.66. The number of anilines is 2. The van der Waals surface area contributed by atoms with Crippen molar-refractivity contribution in [3.63, 3.8) is 0 Å². The summed E-state index contributed by atoms with van der Waals surface area (Å²) in [6.07, 6.45) is -11.1. The lowest BCUT2D eigenvalue weighted by molar-refractivity contribution is -0.767. The number of hydrogen-bond donors (Lipinski definition) is 15. The minimum Gasteiger partial charge on any atom is -0.761 e. The number of aromatic amines is 5. The van der Waals surface area contributed by atoms with Crippen molar-refractivity contribution < 1.29 is 193 Å². The quantitative estimate of drug-likeness (QED) is 0.0134. The van der Waals surface area contributed by atoms with Crippen LogP contribution < -0.4 is 110 Å². The molecule has 0 aliphatic carbocycles. The Morgan fingerprint density at radius 3 is 1.36 bits per heavy atom. The molecule has 674 valence electrons. The average Bonchev–Trinajstić information content (AvgIpc) is 1.61. The van der Waals surface area contributed by atoms with E-state index in [1.165, 1.54) is 70.9 Å². The summed E-state index contributed by atoms with van der Waals surface area (Å²) in [6, 6.07) is 0. The number of aliphatic hydroxyl groups is 6. The van der Waals surface area contributed by atoms with Gasteiger partial charge in [-0.15, -0.1) is 4.57 Å². The van der Waals surface area contributed by atoms with Crippen molar-refractivity contribution in [1.29, 1.82) is 0 Å². The van der Waals surface area contributed by atoms with Gasteiger partial charge in [-0.2, -0.15) is 9.55 Å². The van der Waals surface area contributed by atoms with Gasteiger partial charge in [-0.05, 0) is 0 Å². The zero-order valence-corrected chi connectivity index (χ0v) is 68.6. The van der Waals surface area contributed by atoms with Gasteiger partial charge in [-0.25, -0.2) is 40.7 Å². The van der Waals surface area contributed by atoms with Crippen LogP contribution in [0.1, 0.15) is 36.0 Å². The van der Waals surface area contributed by atoms with Crippen LogP contribution in [0, 0.1) is 0 Å². The first kappa shape index (κ1) is 97.7. The Morgan fingerprint density at radius 2 is 0.934 bits per heavy atom. The van der Waals surface area contributed by atoms with Crippen molar-refractivity contribution in [1.82, 2.24) is 52.5 Å². The number of phosphoric acid groups is 7. The Balaban J connectivity index is 0.000000224. The van der Waals surface area contributed by atoms with Crippen molar-refractivity contribution in [3.8, 4) is 0 Å². The number of nitrogen functional groups attached to an aromatic ring is 2. The van der Waals surface area contributed by atoms with Gasteiger partial charge in [0.25, 0.3) is 83.6 Å². The van der Waals surface area contributed by atoms with E-state index in [0.29, 0.717) is 14.8 Å². The predicted molar refractivity (Wildman–Crippen MR) is 373 cm³/mol. The summed E-state index contributed by atoms with van der Waals surface area (Å²) < 4.78 is 170. The minimum absolute atomic E-state index is 0.000113. The maximum absolute atomic E-state index is 12.4. The number of rotatable bonds is 33. The molecule has 7 aromatic heterocycles. The molecule has 20 N–H and O–H groups in total. The standard InChI is InChI=1S/C24H36N8O22P4.C15H20N7O7P.C12H20N3O15P3/c1-30-9-32(18-13(30)20(37)28-23(26)27-18)22-16(35)17(47-2)12(51-22)8-49-56(41,42)53-58(45,46)54-57(43,44)52-55(39,40)48-7-11-14(33)15(34)21(50-11)31-6-10(4-3-5-25)19(36)29-24(31)38;1-20-7-22(12-9(20)13(24)19-15(16)18-12)14-10(23)11(27-2)8(29-14)5-28-30(25,26)21-4-3-17-6-21;13-3-1-2-6-4-15(12(19)14-10(6)18)11-9(17)8(16)7(28-11)5-27-32(23,24)30-33(25,26)29-31(20,21)22/h3-4,6,9,11-12,14-17,21-22,33-35H,5,7-8,25H2,1-2H3,(H7-,26,27,28,29,36,37,38,39,40,41,42,43,44,45,46);3-4,6-8,10-11,14,23H,5H2,1-2H3,(H3-,16,18,19,24,25,26);1-2,4,7-9,11,16-17H,3,5,13H2,(H,23,24)(H,25,26)(H,14,18,19)(H2,20,21,22)/p-5/b4-3+;;2-1+/t11-,12-,14+,15?,16?,17?,21-,22-;8-,10?,11-,14-;7-,8?,9+,11-/m101/s1. The van der Waals surface area contributed by atoms with E-state index in [4.69, 9.17) is 60.8 Å². The molecule has 0 spiro atoms. The molecule has 4 aliphatic heterocycles. The van der Waals surface area contributed by atoms with Gasteiger partial charge < -0.3 is 144 Å². The number of nitrogens with two attached hydrogens (primary N) is 4. The van der Waals surface area contributed by atoms with Crippen LogP contribution in [0.15, 0.2) is 84.7 Å². The Kier molecular flexibility index (Phi) is 31.3. The van der Waals surface area contributed by atoms with Crippen LogP contribution in [0.3, 0.4) is 0 Å². The van der Waals surface area contributed by atoms with Gasteiger partial charge in [0, 0.05) is 52.1 Å². The fourth-order valence-electron chi connectivity index (χ4n) is 11.8. The highest BCUT2D eigenvalue weighted by atomic mass is 31.3. The normalized spacial score (nSPS) is 28.5. The highest BCUT2D eigenvalue weighted by Crippen LogP contribution is 2.67. The zero-order valence-electron chi connectivity index (χ0n) is 61.5. The summed E-state index contributed by atoms with van der Waals surface area (Å²) in [5.41, 5.74) is 17.3. The molecule has 4 aliphatic rings. The molecule has 121 heavy (non-hydrogen) atoms. The third-order valence-corrected chi connectivity index (χ3v) is 27.5. The van der Waals surface area contributed by atoms with Crippen LogP contribution in [-0.4, -0.2) is 215 Å². The van der Waals surface area contributed by atoms with Gasteiger partial charge in [0.1, 0.15) is 80.5 Å². The zero-order chi connectivity index (χ0) is 89.9. The molecule has 0 bridgehead atoms. The smallest absolute Gasteiger partial charge is 0.405 e. The number of aliphatic hydroxyl groups excluding tert-OH is 6. The molecule has 62 nitrogen and oxygen atoms in total. The first-order valence-electron chi connectivity index (χ1n) is 33.3. The predicted octanol–water partition coefficient (Wildman–Crippen LogP) is -13.9. The monoisotopic (exact) mass is 1890 g/mol. The lowest BCUT2D eigenvalue weighted by Crippen LogP contribution is -2.48. The lowest BCUT2D eigenvalue weighted by Gasteiger charge is -2.36. The fraction of sp³-hybridized carbons (Fsp3) is 0.510. The number of H-pyrrole nitrogens is 5. The number of aromatic nitrogens is 14. The maximum Gasteiger partial charge on any atom is 0.405 e. The lowest BCUT2D eigenvalue weighted by atomic mass is 10.1. The third kappa shape index (κ3) is 24.1. The highest BCUT2D eigenvalue weighted by molar-refractivity contribution is 7.68. The van der Waals surface area contributed by atoms with Crippen LogP contribution >= 0.6 is 62.5 Å². The SMILES string of the molecule is COC1C(O)[C@H]([n+]2cn(C)c3c(=O)[nH]c(N)nc32)O[C@@H]1COP(=O)([O-])OP(=O)([O-])OP(=O)([O-])OP(=O)([O-])OC[C@H]1O[C@@H](n2cc(/C=C/CN)c(=O)[nH]c2=O)C(O)[C@H]1O.CO[C@@H]1C(O)[C@@H]([n+]2cn(C)c3c(=O)[nH]c(N)[nH+]c32)O[C@H]1COP(=O)([O-])n1ccnc1.NC/C=C/c1cn([C@@H]2O[C@H](COP(=O)([O-])OP(=O)([O-])OP(=O)([O-])O)C(O)[C@@H]2O)c(=O)[nH]c1=O. The average molecular weight is 1890 g/mol. The number of methoxy groups -OCH3 is 2. The van der Waals surface area contributed by atoms with Crippen molar-refractivity contribution >= 4 is 109 Å². The second-order valence-electron chi connectivity index (χ2n) is 25.1. The van der Waals surface area contributed by atoms with E-state index >= 15 is 0 Å². The molecule has 11 heterocycles. The van der Waals surface area contributed by atoms with E-state index in [1.54, 1.807) is 13.4 Å². The molecular formula is C51H71N18O44P8-5. The molecule has 13 unspecified atom stereocenters. The van der Waals surface area contributed by atoms with Crippen LogP contribution in [-0.2, 0) is 119 Å². The van der Waals surface area contributed by atoms with Gasteiger partial charge in [0.2, 0.25) is 19.5 Å². The van der Waals surface area contributed by atoms with Crippen LogP contribution in [0.4, 0.5) is 11.9 Å². The summed E-state index contributed by atoms with van der Waals surface area (Å²) >= 11 is 0. The van der Waals surface area contributed by atoms with E-state index in [2.05, 4.69) is 60.0 Å². The molecule has 70 heteroatoms. The second kappa shape index (κ2) is 38.8. The highest BCUT2D eigenvalue weighted by Gasteiger charge is 2.53. The molecule has 4 fully saturated rings. The Labute approximate surface area is 670 Å². The maximum atomic E-state index is 12.4. The Hall–Kier alpha value is -7.09. The number of aryl methyl sites for hydroxylation is 2. The summed E-state index contributed by atoms with van der Waals surface area (Å²) in [4.78, 5) is 195. The van der Waals surface area contributed by atoms with Crippen molar-refractivity contribution in [3.05, 3.63) is 129 Å². The van der Waals surface area contributed by atoms with Gasteiger partial charge in [0.05, 0.1) is 44.6 Å². The van der Waals surface area contributed by atoms with Crippen LogP contribution in [0.2, 0.25) is 0 Å². The molecule has 0 saturated carbocycles. The molecule has 11 rings (SSSR count). The molecule has 0 aromatic carbocycles. The van der Waals surface area contributed by atoms with Crippen LogP contribution in [0.25, 0.3) is 34.5 Å². The number of nitrogens with one attached hydrogen (secondary N) is 5. The van der Waals surface area contributed by atoms with E-state index in [9.17, 15) is 135 Å². The largest absolute Gasteiger partial charge is 0.761 e. The van der Waals surface area contributed by atoms with Gasteiger partial charge in [0.15, 0.2) is 24.9 Å². The molecule has 0 amide bonds. The van der Waals surface area contributed by atoms with Gasteiger partial charge in [-0.3, -0.25) is 93.7 Å². The van der Waals surface area contributed by atoms with Crippen molar-refractivity contribution in [2.24, 2.45) is 25.6 Å². The molecule has 4 saturated heterocycles. The topological polar surface area (TPSA) is 943 Å². The van der Waals surface area contributed by atoms with E-state index in [1.807, 2.05) is 9.97 Å². The van der Waals surface area contributed by atoms with E-state index < -0.39 is 221 Å². The molecule has 7 aromatic rings. The second-order valence-corrected chi connectivity index (χ2v) is 37.1. The number of imidazole rings is 3. The van der Waals surface area contributed by atoms with Gasteiger partial charge in [-0.1, -0.05) is 29.3 Å². The number of fused-ring (bicyclic) bond motifs is 2.